The summed E-state index contributed by atoms with van der Waals surface area (Å²) in [5, 5.41) is 18.0. The van der Waals surface area contributed by atoms with Gasteiger partial charge in [0.05, 0.1) is 29.1 Å². The van der Waals surface area contributed by atoms with E-state index in [-0.39, 0.29) is 49.7 Å². The van der Waals surface area contributed by atoms with Crippen LogP contribution in [-0.4, -0.2) is 61.0 Å². The third-order valence-corrected chi connectivity index (χ3v) is 8.22. The molecule has 3 aromatic rings. The quantitative estimate of drug-likeness (QED) is 0.217. The van der Waals surface area contributed by atoms with Crippen LogP contribution in [-0.2, 0) is 25.3 Å². The number of hydrogen-bond donors (Lipinski definition) is 2. The minimum atomic E-state index is -3.90. The van der Waals surface area contributed by atoms with Crippen molar-refractivity contribution in [2.75, 3.05) is 24.6 Å². The summed E-state index contributed by atoms with van der Waals surface area (Å²) < 4.78 is 83.3. The van der Waals surface area contributed by atoms with Crippen molar-refractivity contribution in [1.29, 1.82) is 5.26 Å². The number of benzene rings is 1. The second-order valence-electron chi connectivity index (χ2n) is 10.4. The number of ether oxygens (including phenoxy) is 1. The van der Waals surface area contributed by atoms with E-state index in [1.807, 2.05) is 19.1 Å². The first-order valence-corrected chi connectivity index (χ1v) is 16.0. The van der Waals surface area contributed by atoms with Crippen molar-refractivity contribution in [1.82, 2.24) is 14.7 Å². The van der Waals surface area contributed by atoms with Crippen molar-refractivity contribution in [2.24, 2.45) is 5.92 Å². The number of nitrogens with one attached hydrogen (secondary N) is 1. The van der Waals surface area contributed by atoms with Crippen LogP contribution in [0.2, 0.25) is 0 Å². The fourth-order valence-corrected chi connectivity index (χ4v) is 5.96. The van der Waals surface area contributed by atoms with Crippen LogP contribution in [0.15, 0.2) is 48.7 Å². The Labute approximate surface area is 273 Å². The summed E-state index contributed by atoms with van der Waals surface area (Å²) in [5.74, 6) is -4.00. The van der Waals surface area contributed by atoms with Crippen LogP contribution in [0.3, 0.4) is 0 Å². The number of amides is 1. The lowest BCUT2D eigenvalue weighted by atomic mass is 9.96. The number of carboxylic acids is 1. The highest BCUT2D eigenvalue weighted by Gasteiger charge is 2.31. The number of carbonyl (C=O) groups is 3. The standard InChI is InChI=1S/C24H26F2N4O5S.C7H5F2NO2/c1-3-35-24(32)19-12-18(13-27)22(28-20(19)21(25)26)30-9-7-17(8-10-30)23(31)29-36(33,34)14-16-6-4-5-15(2)11-16;8-6(9)5-4(7(11)12)2-1-3-10-5/h4-6,11-12,17,21H,3,7-10,14H2,1-2H3,(H,29,31);1-3,6H,(H,11,12). The van der Waals surface area contributed by atoms with Gasteiger partial charge in [-0.15, -0.1) is 0 Å². The van der Waals surface area contributed by atoms with E-state index in [0.717, 1.165) is 23.9 Å². The van der Waals surface area contributed by atoms with Crippen molar-refractivity contribution >= 4 is 33.7 Å². The number of hydrogen-bond acceptors (Lipinski definition) is 10. The number of nitrogens with zero attached hydrogens (tertiary/aromatic N) is 4. The number of carboxylic acid groups (broad SMARTS) is 1. The predicted molar refractivity (Wildman–Crippen MR) is 163 cm³/mol. The Hall–Kier alpha value is -5.11. The predicted octanol–water partition coefficient (Wildman–Crippen LogP) is 4.96. The maximum atomic E-state index is 13.6. The van der Waals surface area contributed by atoms with Gasteiger partial charge in [0.25, 0.3) is 12.9 Å². The van der Waals surface area contributed by atoms with Gasteiger partial charge >= 0.3 is 11.9 Å². The smallest absolute Gasteiger partial charge is 0.340 e. The van der Waals surface area contributed by atoms with E-state index in [2.05, 4.69) is 14.7 Å². The monoisotopic (exact) mass is 693 g/mol. The highest BCUT2D eigenvalue weighted by molar-refractivity contribution is 7.89. The molecular formula is C31H31F4N5O7S. The van der Waals surface area contributed by atoms with Gasteiger partial charge in [-0.1, -0.05) is 29.8 Å². The Morgan fingerprint density at radius 2 is 1.73 bits per heavy atom. The van der Waals surface area contributed by atoms with Crippen LogP contribution in [0.25, 0.3) is 0 Å². The lowest BCUT2D eigenvalue weighted by molar-refractivity contribution is -0.123. The van der Waals surface area contributed by atoms with Crippen LogP contribution in [0.1, 0.15) is 81.4 Å². The van der Waals surface area contributed by atoms with Crippen molar-refractivity contribution in [3.05, 3.63) is 87.9 Å². The van der Waals surface area contributed by atoms with Gasteiger partial charge in [-0.2, -0.15) is 5.26 Å². The van der Waals surface area contributed by atoms with E-state index >= 15 is 0 Å². The maximum Gasteiger partial charge on any atom is 0.340 e. The fraction of sp³-hybridized carbons (Fsp3) is 0.355. The van der Waals surface area contributed by atoms with Crippen LogP contribution < -0.4 is 9.62 Å². The summed E-state index contributed by atoms with van der Waals surface area (Å²) in [7, 11) is -3.90. The van der Waals surface area contributed by atoms with Crippen molar-refractivity contribution in [2.45, 2.75) is 45.3 Å². The molecule has 256 valence electrons. The molecule has 1 fully saturated rings. The van der Waals surface area contributed by atoms with Crippen LogP contribution in [0.5, 0.6) is 0 Å². The zero-order valence-electron chi connectivity index (χ0n) is 25.7. The third-order valence-electron chi connectivity index (χ3n) is 6.99. The minimum Gasteiger partial charge on any atom is -0.478 e. The average Bonchev–Trinajstić information content (AvgIpc) is 3.04. The number of pyridine rings is 2. The molecule has 0 bridgehead atoms. The molecule has 1 amide bonds. The SMILES string of the molecule is CCOC(=O)c1cc(C#N)c(N2CCC(C(=O)NS(=O)(=O)Cc3cccc(C)c3)CC2)nc1C(F)F.O=C(O)c1cccnc1C(F)F. The molecule has 1 aromatic carbocycles. The molecule has 0 atom stereocenters. The first-order chi connectivity index (χ1) is 22.7. The number of aromatic nitrogens is 2. The number of esters is 1. The number of piperidine rings is 1. The highest BCUT2D eigenvalue weighted by Crippen LogP contribution is 2.31. The molecule has 12 nitrogen and oxygen atoms in total. The van der Waals surface area contributed by atoms with E-state index in [4.69, 9.17) is 9.84 Å². The van der Waals surface area contributed by atoms with Crippen LogP contribution >= 0.6 is 0 Å². The molecule has 1 saturated heterocycles. The van der Waals surface area contributed by atoms with E-state index in [1.165, 1.54) is 13.0 Å². The second kappa shape index (κ2) is 16.6. The van der Waals surface area contributed by atoms with Gasteiger partial charge in [0, 0.05) is 25.2 Å². The van der Waals surface area contributed by atoms with Gasteiger partial charge < -0.3 is 14.7 Å². The van der Waals surface area contributed by atoms with Gasteiger partial charge in [-0.25, -0.2) is 40.6 Å². The zero-order valence-corrected chi connectivity index (χ0v) is 26.5. The highest BCUT2D eigenvalue weighted by atomic mass is 32.2. The topological polar surface area (TPSA) is 180 Å². The molecule has 2 aromatic heterocycles. The molecule has 0 radical (unpaired) electrons. The number of halogens is 4. The molecule has 1 aliphatic rings. The van der Waals surface area contributed by atoms with Gasteiger partial charge in [-0.05, 0) is 50.5 Å². The van der Waals surface area contributed by atoms with Crippen molar-refractivity contribution in [3.63, 3.8) is 0 Å². The first kappa shape index (κ1) is 37.3. The number of alkyl halides is 4. The van der Waals surface area contributed by atoms with Gasteiger partial charge in [0.1, 0.15) is 23.3 Å². The lowest BCUT2D eigenvalue weighted by Gasteiger charge is -2.33. The molecular weight excluding hydrogens is 662 g/mol. The zero-order chi connectivity index (χ0) is 35.6. The maximum absolute atomic E-state index is 13.6. The first-order valence-electron chi connectivity index (χ1n) is 14.4. The number of rotatable bonds is 10. The molecule has 0 unspecified atom stereocenters. The Balaban J connectivity index is 0.000000437. The number of nitriles is 1. The largest absolute Gasteiger partial charge is 0.478 e. The average molecular weight is 694 g/mol. The molecule has 48 heavy (non-hydrogen) atoms. The summed E-state index contributed by atoms with van der Waals surface area (Å²) in [6.07, 6.45) is -4.34. The summed E-state index contributed by atoms with van der Waals surface area (Å²) in [6, 6.07) is 12.3. The lowest BCUT2D eigenvalue weighted by Crippen LogP contribution is -2.43. The minimum absolute atomic E-state index is 0.0215. The summed E-state index contributed by atoms with van der Waals surface area (Å²) in [5.41, 5.74) is -1.02. The molecule has 0 spiro atoms. The number of sulfonamides is 1. The number of aromatic carboxylic acids is 1. The van der Waals surface area contributed by atoms with Gasteiger partial charge in [0.2, 0.25) is 15.9 Å². The molecule has 17 heteroatoms. The molecule has 3 heterocycles. The number of carbonyl (C=O) groups excluding carboxylic acids is 2. The van der Waals surface area contributed by atoms with Gasteiger partial charge in [-0.3, -0.25) is 14.5 Å². The van der Waals surface area contributed by atoms with Crippen LogP contribution in [0.4, 0.5) is 23.4 Å². The number of anilines is 1. The second-order valence-corrected chi connectivity index (χ2v) is 12.2. The molecule has 1 aliphatic heterocycles. The normalized spacial score (nSPS) is 13.4. The van der Waals surface area contributed by atoms with Gasteiger partial charge in [0.15, 0.2) is 0 Å². The van der Waals surface area contributed by atoms with E-state index in [0.29, 0.717) is 5.56 Å². The van der Waals surface area contributed by atoms with Crippen LogP contribution in [0, 0.1) is 24.2 Å². The summed E-state index contributed by atoms with van der Waals surface area (Å²) in [6.45, 7) is 3.70. The molecule has 0 saturated carbocycles. The Morgan fingerprint density at radius 1 is 1.06 bits per heavy atom. The molecule has 4 rings (SSSR count). The molecule has 0 aliphatic carbocycles. The third kappa shape index (κ3) is 9.94. The van der Waals surface area contributed by atoms with E-state index in [9.17, 15) is 45.6 Å². The molecule has 2 N–H and O–H groups in total. The Bertz CT molecular complexity index is 1790. The van der Waals surface area contributed by atoms with Crippen molar-refractivity contribution in [3.8, 4) is 6.07 Å². The summed E-state index contributed by atoms with van der Waals surface area (Å²) in [4.78, 5) is 43.8. The van der Waals surface area contributed by atoms with E-state index in [1.54, 1.807) is 23.1 Å². The van der Waals surface area contributed by atoms with Crippen molar-refractivity contribution < 1.29 is 50.2 Å². The fourth-order valence-electron chi connectivity index (χ4n) is 4.80. The Kier molecular flexibility index (Phi) is 12.9. The summed E-state index contributed by atoms with van der Waals surface area (Å²) >= 11 is 0. The van der Waals surface area contributed by atoms with E-state index < -0.39 is 69.2 Å². The number of aryl methyl sites for hydroxylation is 1. The Morgan fingerprint density at radius 3 is 2.27 bits per heavy atom.